The van der Waals surface area contributed by atoms with E-state index in [-0.39, 0.29) is 12.1 Å². The predicted molar refractivity (Wildman–Crippen MR) is 114 cm³/mol. The van der Waals surface area contributed by atoms with Crippen molar-refractivity contribution in [2.45, 2.75) is 38.9 Å². The minimum atomic E-state index is 0.00440. The zero-order valence-corrected chi connectivity index (χ0v) is 16.5. The van der Waals surface area contributed by atoms with E-state index in [1.807, 2.05) is 18.3 Å². The minimum Gasteiger partial charge on any atom is -0.351 e. The van der Waals surface area contributed by atoms with Crippen molar-refractivity contribution in [2.24, 2.45) is 0 Å². The maximum absolute atomic E-state index is 5.77. The van der Waals surface area contributed by atoms with Crippen LogP contribution in [0.15, 0.2) is 67.0 Å². The van der Waals surface area contributed by atoms with Crippen LogP contribution in [0.25, 0.3) is 0 Å². The van der Waals surface area contributed by atoms with Crippen LogP contribution in [-0.2, 0) is 13.0 Å². The molecule has 3 aromatic rings. The van der Waals surface area contributed by atoms with E-state index in [0.29, 0.717) is 0 Å². The highest BCUT2D eigenvalue weighted by Gasteiger charge is 2.41. The summed E-state index contributed by atoms with van der Waals surface area (Å²) in [6.45, 7) is 5.26. The summed E-state index contributed by atoms with van der Waals surface area (Å²) >= 11 is 5.77. The number of aromatic nitrogens is 2. The van der Waals surface area contributed by atoms with Gasteiger partial charge < -0.3 is 14.8 Å². The summed E-state index contributed by atoms with van der Waals surface area (Å²) in [6, 6.07) is 19.1. The van der Waals surface area contributed by atoms with E-state index < -0.39 is 0 Å². The Morgan fingerprint density at radius 3 is 2.52 bits per heavy atom. The fourth-order valence-corrected chi connectivity index (χ4v) is 4.16. The van der Waals surface area contributed by atoms with E-state index in [1.165, 1.54) is 11.3 Å². The molecule has 0 aliphatic carbocycles. The van der Waals surface area contributed by atoms with Gasteiger partial charge in [0.25, 0.3) is 0 Å². The lowest BCUT2D eigenvalue weighted by Gasteiger charge is -2.29. The van der Waals surface area contributed by atoms with Gasteiger partial charge in [-0.05, 0) is 67.5 Å². The maximum atomic E-state index is 5.77. The fourth-order valence-electron chi connectivity index (χ4n) is 3.81. The van der Waals surface area contributed by atoms with E-state index in [2.05, 4.69) is 82.3 Å². The number of aryl methyl sites for hydroxylation is 2. The van der Waals surface area contributed by atoms with Crippen LogP contribution >= 0.6 is 12.2 Å². The van der Waals surface area contributed by atoms with Gasteiger partial charge in [0.2, 0.25) is 0 Å². The fraction of sp³-hybridized carbons (Fsp3) is 0.273. The first kappa shape index (κ1) is 17.7. The number of rotatable bonds is 5. The van der Waals surface area contributed by atoms with Crippen molar-refractivity contribution in [1.82, 2.24) is 14.9 Å². The average molecular weight is 377 g/mol. The molecule has 1 fully saturated rings. The van der Waals surface area contributed by atoms with Gasteiger partial charge in [-0.25, -0.2) is 0 Å². The van der Waals surface area contributed by atoms with Gasteiger partial charge in [0, 0.05) is 30.3 Å². The van der Waals surface area contributed by atoms with Gasteiger partial charge in [0.1, 0.15) is 6.04 Å². The Morgan fingerprint density at radius 2 is 1.85 bits per heavy atom. The minimum absolute atomic E-state index is 0.00440. The summed E-state index contributed by atoms with van der Waals surface area (Å²) in [5.41, 5.74) is 4.67. The first-order valence-electron chi connectivity index (χ1n) is 9.47. The molecule has 1 aliphatic heterocycles. The van der Waals surface area contributed by atoms with Gasteiger partial charge in [-0.15, -0.1) is 0 Å². The Labute approximate surface area is 165 Å². The number of hydrogen-bond acceptors (Lipinski definition) is 2. The van der Waals surface area contributed by atoms with Gasteiger partial charge in [0.05, 0.1) is 11.7 Å². The van der Waals surface area contributed by atoms with Crippen LogP contribution in [0.2, 0.25) is 0 Å². The molecule has 4 rings (SSSR count). The standard InChI is InChI=1S/C22H24N4S/c1-3-16-10-12-17(13-11-16)26-21(19-9-7-15-25(19)4-2)20(24-22(26)27)18-8-5-6-14-23-18/h5-15,20-21H,3-4H2,1-2H3,(H,24,27)/t20-,21+/m1/s1. The van der Waals surface area contributed by atoms with E-state index in [9.17, 15) is 0 Å². The Hall–Kier alpha value is -2.66. The third kappa shape index (κ3) is 3.23. The highest BCUT2D eigenvalue weighted by Crippen LogP contribution is 2.41. The molecule has 0 unspecified atom stereocenters. The normalized spacial score (nSPS) is 19.3. The number of thiocarbonyl (C=S) groups is 1. The molecular formula is C22H24N4S. The maximum Gasteiger partial charge on any atom is 0.174 e. The van der Waals surface area contributed by atoms with Crippen LogP contribution < -0.4 is 10.2 Å². The van der Waals surface area contributed by atoms with Crippen molar-refractivity contribution in [3.8, 4) is 0 Å². The van der Waals surface area contributed by atoms with Crippen molar-refractivity contribution in [3.05, 3.63) is 83.9 Å². The van der Waals surface area contributed by atoms with Crippen molar-refractivity contribution >= 4 is 23.0 Å². The topological polar surface area (TPSA) is 33.1 Å². The zero-order chi connectivity index (χ0) is 18.8. The highest BCUT2D eigenvalue weighted by atomic mass is 32.1. The number of hydrogen-bond donors (Lipinski definition) is 1. The van der Waals surface area contributed by atoms with Gasteiger partial charge in [-0.2, -0.15) is 0 Å². The van der Waals surface area contributed by atoms with Gasteiger partial charge >= 0.3 is 0 Å². The molecule has 2 aromatic heterocycles. The molecule has 2 atom stereocenters. The number of anilines is 1. The molecule has 27 heavy (non-hydrogen) atoms. The van der Waals surface area contributed by atoms with Crippen LogP contribution in [0, 0.1) is 0 Å². The molecular weight excluding hydrogens is 352 g/mol. The molecule has 138 valence electrons. The molecule has 1 N–H and O–H groups in total. The van der Waals surface area contributed by atoms with Crippen molar-refractivity contribution in [2.75, 3.05) is 4.90 Å². The summed E-state index contributed by atoms with van der Waals surface area (Å²) in [5.74, 6) is 0. The second kappa shape index (κ2) is 7.53. The summed E-state index contributed by atoms with van der Waals surface area (Å²) in [5, 5.41) is 4.26. The van der Waals surface area contributed by atoms with Crippen molar-refractivity contribution < 1.29 is 0 Å². The average Bonchev–Trinajstić information content (AvgIpc) is 3.32. The van der Waals surface area contributed by atoms with E-state index in [0.717, 1.165) is 29.5 Å². The third-order valence-electron chi connectivity index (χ3n) is 5.23. The lowest BCUT2D eigenvalue weighted by atomic mass is 10.0. The van der Waals surface area contributed by atoms with Gasteiger partial charge in [-0.3, -0.25) is 4.98 Å². The second-order valence-electron chi connectivity index (χ2n) is 6.74. The first-order chi connectivity index (χ1) is 13.2. The molecule has 4 nitrogen and oxygen atoms in total. The van der Waals surface area contributed by atoms with Crippen LogP contribution in [0.4, 0.5) is 5.69 Å². The number of benzene rings is 1. The van der Waals surface area contributed by atoms with Crippen LogP contribution in [-0.4, -0.2) is 14.7 Å². The van der Waals surface area contributed by atoms with Crippen molar-refractivity contribution in [3.63, 3.8) is 0 Å². The molecule has 0 spiro atoms. The van der Waals surface area contributed by atoms with Crippen LogP contribution in [0.1, 0.15) is 42.9 Å². The Balaban J connectivity index is 1.81. The molecule has 1 saturated heterocycles. The van der Waals surface area contributed by atoms with Crippen LogP contribution in [0.5, 0.6) is 0 Å². The molecule has 0 amide bonds. The molecule has 5 heteroatoms. The molecule has 1 aliphatic rings. The predicted octanol–water partition coefficient (Wildman–Crippen LogP) is 4.64. The summed E-state index contributed by atoms with van der Waals surface area (Å²) < 4.78 is 2.28. The van der Waals surface area contributed by atoms with E-state index in [4.69, 9.17) is 12.2 Å². The Morgan fingerprint density at radius 1 is 1.04 bits per heavy atom. The Bertz CT molecular complexity index is 917. The molecule has 0 bridgehead atoms. The monoisotopic (exact) mass is 376 g/mol. The first-order valence-corrected chi connectivity index (χ1v) is 9.88. The molecule has 3 heterocycles. The zero-order valence-electron chi connectivity index (χ0n) is 15.7. The van der Waals surface area contributed by atoms with E-state index >= 15 is 0 Å². The number of nitrogens with one attached hydrogen (secondary N) is 1. The Kier molecular flexibility index (Phi) is 4.94. The summed E-state index contributed by atoms with van der Waals surface area (Å²) in [7, 11) is 0. The third-order valence-corrected chi connectivity index (χ3v) is 5.54. The summed E-state index contributed by atoms with van der Waals surface area (Å²) in [4.78, 5) is 6.84. The van der Waals surface area contributed by atoms with Crippen LogP contribution in [0.3, 0.4) is 0 Å². The number of nitrogens with zero attached hydrogens (tertiary/aromatic N) is 3. The quantitative estimate of drug-likeness (QED) is 0.658. The summed E-state index contributed by atoms with van der Waals surface area (Å²) in [6.07, 6.45) is 5.00. The van der Waals surface area contributed by atoms with Crippen molar-refractivity contribution in [1.29, 1.82) is 0 Å². The lowest BCUT2D eigenvalue weighted by molar-refractivity contribution is 0.529. The van der Waals surface area contributed by atoms with Gasteiger partial charge in [0.15, 0.2) is 5.11 Å². The SMILES string of the molecule is CCc1ccc(N2C(=S)N[C@H](c3ccccn3)[C@@H]2c2cccn2CC)cc1. The number of pyridine rings is 1. The lowest BCUT2D eigenvalue weighted by Crippen LogP contribution is -2.30. The molecule has 1 aromatic carbocycles. The second-order valence-corrected chi connectivity index (χ2v) is 7.12. The smallest absolute Gasteiger partial charge is 0.174 e. The molecule has 0 radical (unpaired) electrons. The van der Waals surface area contributed by atoms with Gasteiger partial charge in [-0.1, -0.05) is 25.1 Å². The highest BCUT2D eigenvalue weighted by molar-refractivity contribution is 7.80. The largest absolute Gasteiger partial charge is 0.351 e. The van der Waals surface area contributed by atoms with E-state index in [1.54, 1.807) is 0 Å². The molecule has 0 saturated carbocycles.